The largest absolute Gasteiger partial charge is 0.317 e. The summed E-state index contributed by atoms with van der Waals surface area (Å²) in [4.78, 5) is 6.10. The molecule has 0 amide bonds. The summed E-state index contributed by atoms with van der Waals surface area (Å²) in [7, 11) is 0. The van der Waals surface area contributed by atoms with Crippen LogP contribution in [0.5, 0.6) is 0 Å². The van der Waals surface area contributed by atoms with E-state index in [1.54, 1.807) is 0 Å². The lowest BCUT2D eigenvalue weighted by molar-refractivity contribution is 0.714. The van der Waals surface area contributed by atoms with E-state index >= 15 is 0 Å². The molecule has 1 N–H and O–H groups in total. The van der Waals surface area contributed by atoms with Crippen molar-refractivity contribution in [2.24, 2.45) is 0 Å². The molecule has 2 nitrogen and oxygen atoms in total. The molecule has 1 aromatic carbocycles. The number of nitrogens with one attached hydrogen (secondary N) is 1. The zero-order valence-electron chi connectivity index (χ0n) is 12.0. The van der Waals surface area contributed by atoms with Crippen molar-refractivity contribution in [3.05, 3.63) is 39.7 Å². The standard InChI is InChI=1S/C16H22N2S/c1-4-13-6-8-14(9-7-13)16-12(3)19-15(18-16)10-11-17-5-2/h6-9,17H,4-5,10-11H2,1-3H3. The molecule has 0 unspecified atom stereocenters. The number of rotatable bonds is 6. The first-order valence-corrected chi connectivity index (χ1v) is 7.82. The lowest BCUT2D eigenvalue weighted by Crippen LogP contribution is -2.15. The summed E-state index contributed by atoms with van der Waals surface area (Å²) in [6, 6.07) is 8.78. The Hall–Kier alpha value is -1.19. The number of benzene rings is 1. The zero-order chi connectivity index (χ0) is 13.7. The van der Waals surface area contributed by atoms with E-state index in [1.165, 1.54) is 21.0 Å². The van der Waals surface area contributed by atoms with Crippen LogP contribution in [0, 0.1) is 6.92 Å². The van der Waals surface area contributed by atoms with Crippen LogP contribution in [0.15, 0.2) is 24.3 Å². The number of hydrogen-bond acceptors (Lipinski definition) is 3. The average molecular weight is 274 g/mol. The molecule has 102 valence electrons. The van der Waals surface area contributed by atoms with E-state index in [0.717, 1.165) is 31.6 Å². The van der Waals surface area contributed by atoms with Gasteiger partial charge in [0.15, 0.2) is 0 Å². The maximum Gasteiger partial charge on any atom is 0.0948 e. The summed E-state index contributed by atoms with van der Waals surface area (Å²) in [6.07, 6.45) is 2.11. The van der Waals surface area contributed by atoms with E-state index in [1.807, 2.05) is 11.3 Å². The van der Waals surface area contributed by atoms with Crippen LogP contribution < -0.4 is 5.32 Å². The zero-order valence-corrected chi connectivity index (χ0v) is 12.8. The summed E-state index contributed by atoms with van der Waals surface area (Å²) in [5.41, 5.74) is 3.77. The second-order valence-electron chi connectivity index (χ2n) is 4.67. The van der Waals surface area contributed by atoms with Crippen molar-refractivity contribution in [1.82, 2.24) is 10.3 Å². The van der Waals surface area contributed by atoms with Crippen LogP contribution in [0.3, 0.4) is 0 Å². The van der Waals surface area contributed by atoms with Gasteiger partial charge in [-0.2, -0.15) is 0 Å². The minimum Gasteiger partial charge on any atom is -0.317 e. The van der Waals surface area contributed by atoms with Crippen LogP contribution >= 0.6 is 11.3 Å². The van der Waals surface area contributed by atoms with E-state index in [2.05, 4.69) is 50.4 Å². The highest BCUT2D eigenvalue weighted by Crippen LogP contribution is 2.27. The van der Waals surface area contributed by atoms with Crippen molar-refractivity contribution in [3.63, 3.8) is 0 Å². The minimum atomic E-state index is 1.01. The smallest absolute Gasteiger partial charge is 0.0948 e. The number of aromatic nitrogens is 1. The van der Waals surface area contributed by atoms with E-state index in [-0.39, 0.29) is 0 Å². The Kier molecular flexibility index (Phi) is 5.11. The average Bonchev–Trinajstić information content (AvgIpc) is 2.80. The minimum absolute atomic E-state index is 1.01. The lowest BCUT2D eigenvalue weighted by Gasteiger charge is -2.01. The number of hydrogen-bond donors (Lipinski definition) is 1. The Bertz CT molecular complexity index is 514. The molecule has 0 bridgehead atoms. The van der Waals surface area contributed by atoms with E-state index in [9.17, 15) is 0 Å². The van der Waals surface area contributed by atoms with Crippen molar-refractivity contribution in [1.29, 1.82) is 0 Å². The fourth-order valence-electron chi connectivity index (χ4n) is 2.10. The molecule has 2 aromatic rings. The van der Waals surface area contributed by atoms with Gasteiger partial charge in [-0.15, -0.1) is 11.3 Å². The maximum absolute atomic E-state index is 4.79. The SMILES string of the molecule is CCNCCc1nc(-c2ccc(CC)cc2)c(C)s1. The fourth-order valence-corrected chi connectivity index (χ4v) is 3.05. The Balaban J connectivity index is 2.14. The Morgan fingerprint density at radius 2 is 1.89 bits per heavy atom. The van der Waals surface area contributed by atoms with Gasteiger partial charge in [-0.05, 0) is 25.5 Å². The predicted molar refractivity (Wildman–Crippen MR) is 83.9 cm³/mol. The molecule has 0 saturated carbocycles. The Morgan fingerprint density at radius 1 is 1.16 bits per heavy atom. The van der Waals surface area contributed by atoms with Gasteiger partial charge in [0, 0.05) is 23.4 Å². The number of nitrogens with zero attached hydrogens (tertiary/aromatic N) is 1. The molecular weight excluding hydrogens is 252 g/mol. The predicted octanol–water partition coefficient (Wildman–Crippen LogP) is 3.83. The van der Waals surface area contributed by atoms with Crippen LogP contribution in [0.4, 0.5) is 0 Å². The van der Waals surface area contributed by atoms with Crippen molar-refractivity contribution >= 4 is 11.3 Å². The van der Waals surface area contributed by atoms with Crippen molar-refractivity contribution in [2.45, 2.75) is 33.6 Å². The Morgan fingerprint density at radius 3 is 2.53 bits per heavy atom. The molecule has 0 fully saturated rings. The van der Waals surface area contributed by atoms with Crippen LogP contribution in [0.2, 0.25) is 0 Å². The van der Waals surface area contributed by atoms with Crippen molar-refractivity contribution in [2.75, 3.05) is 13.1 Å². The quantitative estimate of drug-likeness (QED) is 0.810. The molecule has 0 spiro atoms. The highest BCUT2D eigenvalue weighted by atomic mass is 32.1. The molecular formula is C16H22N2S. The van der Waals surface area contributed by atoms with Gasteiger partial charge in [0.25, 0.3) is 0 Å². The summed E-state index contributed by atoms with van der Waals surface area (Å²) < 4.78 is 0. The van der Waals surface area contributed by atoms with E-state index < -0.39 is 0 Å². The topological polar surface area (TPSA) is 24.9 Å². The first-order chi connectivity index (χ1) is 9.24. The monoisotopic (exact) mass is 274 g/mol. The molecule has 0 aliphatic rings. The van der Waals surface area contributed by atoms with Gasteiger partial charge >= 0.3 is 0 Å². The number of thiazole rings is 1. The maximum atomic E-state index is 4.79. The van der Waals surface area contributed by atoms with Gasteiger partial charge in [0.2, 0.25) is 0 Å². The van der Waals surface area contributed by atoms with Gasteiger partial charge in [0.1, 0.15) is 0 Å². The third-order valence-corrected chi connectivity index (χ3v) is 4.27. The molecule has 0 saturated heterocycles. The normalized spacial score (nSPS) is 10.9. The molecule has 3 heteroatoms. The highest BCUT2D eigenvalue weighted by molar-refractivity contribution is 7.12. The molecule has 0 aliphatic carbocycles. The van der Waals surface area contributed by atoms with Crippen LogP contribution in [-0.4, -0.2) is 18.1 Å². The van der Waals surface area contributed by atoms with Crippen molar-refractivity contribution in [3.8, 4) is 11.3 Å². The van der Waals surface area contributed by atoms with Crippen molar-refractivity contribution < 1.29 is 0 Å². The second kappa shape index (κ2) is 6.83. The lowest BCUT2D eigenvalue weighted by atomic mass is 10.1. The third-order valence-electron chi connectivity index (χ3n) is 3.24. The van der Waals surface area contributed by atoms with Gasteiger partial charge in [0.05, 0.1) is 10.7 Å². The molecule has 1 heterocycles. The third kappa shape index (κ3) is 3.64. The molecule has 0 aliphatic heterocycles. The molecule has 19 heavy (non-hydrogen) atoms. The molecule has 0 atom stereocenters. The van der Waals surface area contributed by atoms with Gasteiger partial charge in [-0.1, -0.05) is 38.1 Å². The Labute approximate surface area is 119 Å². The van der Waals surface area contributed by atoms with Gasteiger partial charge < -0.3 is 5.32 Å². The molecule has 2 rings (SSSR count). The summed E-state index contributed by atoms with van der Waals surface area (Å²) >= 11 is 1.82. The second-order valence-corrected chi connectivity index (χ2v) is 5.95. The van der Waals surface area contributed by atoms with Gasteiger partial charge in [-0.3, -0.25) is 0 Å². The first-order valence-electron chi connectivity index (χ1n) is 7.01. The molecule has 0 radical (unpaired) electrons. The molecule has 1 aromatic heterocycles. The highest BCUT2D eigenvalue weighted by Gasteiger charge is 2.09. The van der Waals surface area contributed by atoms with E-state index in [4.69, 9.17) is 4.98 Å². The van der Waals surface area contributed by atoms with Gasteiger partial charge in [-0.25, -0.2) is 4.98 Å². The van der Waals surface area contributed by atoms with Crippen LogP contribution in [0.25, 0.3) is 11.3 Å². The number of likely N-dealkylation sites (N-methyl/N-ethyl adjacent to an activating group) is 1. The number of aryl methyl sites for hydroxylation is 2. The fraction of sp³-hybridized carbons (Fsp3) is 0.438. The summed E-state index contributed by atoms with van der Waals surface area (Å²) in [5.74, 6) is 0. The van der Waals surface area contributed by atoms with Crippen LogP contribution in [-0.2, 0) is 12.8 Å². The summed E-state index contributed by atoms with van der Waals surface area (Å²) in [5, 5.41) is 4.58. The summed E-state index contributed by atoms with van der Waals surface area (Å²) in [6.45, 7) is 8.51. The van der Waals surface area contributed by atoms with Crippen LogP contribution in [0.1, 0.15) is 29.3 Å². The first kappa shape index (κ1) is 14.2. The van der Waals surface area contributed by atoms with E-state index in [0.29, 0.717) is 0 Å².